The molecule has 0 atom stereocenters. The van der Waals surface area contributed by atoms with Crippen molar-refractivity contribution in [1.82, 2.24) is 4.31 Å². The zero-order valence-corrected chi connectivity index (χ0v) is 11.2. The molecule has 96 valence electrons. The number of nitrogens with zero attached hydrogens (tertiary/aromatic N) is 1. The molecule has 0 heterocycles. The van der Waals surface area contributed by atoms with Gasteiger partial charge in [-0.1, -0.05) is 0 Å². The van der Waals surface area contributed by atoms with Gasteiger partial charge in [0.25, 0.3) is 0 Å². The highest BCUT2D eigenvalue weighted by molar-refractivity contribution is 7.90. The van der Waals surface area contributed by atoms with E-state index in [-0.39, 0.29) is 11.8 Å². The topological polar surface area (TPSA) is 69.6 Å². The Morgan fingerprint density at radius 3 is 2.41 bits per heavy atom. The van der Waals surface area contributed by atoms with Gasteiger partial charge in [0, 0.05) is 13.1 Å². The van der Waals surface area contributed by atoms with Gasteiger partial charge in [-0.3, -0.25) is 4.72 Å². The Kier molecular flexibility index (Phi) is 4.00. The highest BCUT2D eigenvalue weighted by Crippen LogP contribution is 2.21. The van der Waals surface area contributed by atoms with Crippen molar-refractivity contribution in [3.63, 3.8) is 0 Å². The van der Waals surface area contributed by atoms with E-state index in [1.165, 1.54) is 23.5 Å². The van der Waals surface area contributed by atoms with Gasteiger partial charge >= 0.3 is 10.2 Å². The number of hydrogen-bond donors (Lipinski definition) is 2. The second kappa shape index (κ2) is 4.93. The predicted molar refractivity (Wildman–Crippen MR) is 68.3 cm³/mol. The van der Waals surface area contributed by atoms with E-state index in [0.717, 1.165) is 0 Å². The third-order valence-electron chi connectivity index (χ3n) is 2.55. The molecule has 0 unspecified atom stereocenters. The monoisotopic (exact) mass is 258 g/mol. The van der Waals surface area contributed by atoms with Crippen molar-refractivity contribution in [2.45, 2.75) is 26.8 Å². The third-order valence-corrected chi connectivity index (χ3v) is 4.22. The number of benzene rings is 1. The van der Waals surface area contributed by atoms with Gasteiger partial charge in [-0.15, -0.1) is 0 Å². The van der Waals surface area contributed by atoms with Gasteiger partial charge in [-0.2, -0.15) is 12.7 Å². The molecule has 0 spiro atoms. The van der Waals surface area contributed by atoms with Crippen molar-refractivity contribution in [2.24, 2.45) is 0 Å². The number of nitrogens with one attached hydrogen (secondary N) is 1. The van der Waals surface area contributed by atoms with Crippen LogP contribution < -0.4 is 4.72 Å². The number of phenolic OH excluding ortho intramolecular Hbond substituents is 1. The number of hydrogen-bond acceptors (Lipinski definition) is 3. The highest BCUT2D eigenvalue weighted by Gasteiger charge is 2.20. The van der Waals surface area contributed by atoms with Crippen LogP contribution in [0.25, 0.3) is 0 Å². The van der Waals surface area contributed by atoms with Crippen LogP contribution >= 0.6 is 0 Å². The molecule has 0 aliphatic rings. The molecule has 2 N–H and O–H groups in total. The average molecular weight is 258 g/mol. The molecule has 0 saturated carbocycles. The normalized spacial score (nSPS) is 12.1. The summed E-state index contributed by atoms with van der Waals surface area (Å²) in [6.45, 7) is 5.29. The summed E-state index contributed by atoms with van der Waals surface area (Å²) in [5.41, 5.74) is 1.06. The third kappa shape index (κ3) is 3.34. The molecule has 0 bridgehead atoms. The van der Waals surface area contributed by atoms with Crippen LogP contribution in [0.4, 0.5) is 5.69 Å². The van der Waals surface area contributed by atoms with E-state index in [0.29, 0.717) is 11.3 Å². The fourth-order valence-electron chi connectivity index (χ4n) is 1.22. The molecule has 0 aromatic heterocycles. The van der Waals surface area contributed by atoms with Crippen LogP contribution in [0.5, 0.6) is 5.75 Å². The van der Waals surface area contributed by atoms with Gasteiger partial charge in [0.1, 0.15) is 5.75 Å². The summed E-state index contributed by atoms with van der Waals surface area (Å²) in [5.74, 6) is 0.144. The maximum atomic E-state index is 11.9. The van der Waals surface area contributed by atoms with E-state index in [4.69, 9.17) is 0 Å². The van der Waals surface area contributed by atoms with Crippen LogP contribution in [0.15, 0.2) is 18.2 Å². The van der Waals surface area contributed by atoms with Crippen molar-refractivity contribution in [3.8, 4) is 5.75 Å². The summed E-state index contributed by atoms with van der Waals surface area (Å²) >= 11 is 0. The fourth-order valence-corrected chi connectivity index (χ4v) is 2.34. The number of rotatable bonds is 4. The average Bonchev–Trinajstić information content (AvgIpc) is 2.22. The van der Waals surface area contributed by atoms with Crippen LogP contribution in [-0.2, 0) is 10.2 Å². The molecular formula is C11H18N2O3S. The van der Waals surface area contributed by atoms with E-state index in [9.17, 15) is 13.5 Å². The van der Waals surface area contributed by atoms with Gasteiger partial charge in [0.2, 0.25) is 0 Å². The standard InChI is InChI=1S/C11H18N2O3S/c1-8(2)13(4)17(15,16)12-10-5-6-11(14)9(3)7-10/h5-8,12,14H,1-4H3. The van der Waals surface area contributed by atoms with E-state index in [2.05, 4.69) is 4.72 Å². The van der Waals surface area contributed by atoms with Gasteiger partial charge in [0.05, 0.1) is 5.69 Å². The Balaban J connectivity index is 2.94. The van der Waals surface area contributed by atoms with Gasteiger partial charge in [-0.25, -0.2) is 0 Å². The summed E-state index contributed by atoms with van der Waals surface area (Å²) in [7, 11) is -2.03. The lowest BCUT2D eigenvalue weighted by atomic mass is 10.2. The largest absolute Gasteiger partial charge is 0.508 e. The zero-order valence-electron chi connectivity index (χ0n) is 10.4. The summed E-state index contributed by atoms with van der Waals surface area (Å²) in [6, 6.07) is 4.45. The van der Waals surface area contributed by atoms with Crippen LogP contribution in [0.1, 0.15) is 19.4 Å². The summed E-state index contributed by atoms with van der Waals surface area (Å²) < 4.78 is 27.5. The second-order valence-electron chi connectivity index (χ2n) is 4.22. The minimum atomic E-state index is -3.54. The molecule has 1 aromatic carbocycles. The molecule has 0 aliphatic heterocycles. The molecule has 0 amide bonds. The van der Waals surface area contributed by atoms with Gasteiger partial charge < -0.3 is 5.11 Å². The van der Waals surface area contributed by atoms with E-state index in [1.54, 1.807) is 26.8 Å². The number of phenols is 1. The maximum absolute atomic E-state index is 11.9. The van der Waals surface area contributed by atoms with Crippen LogP contribution in [0, 0.1) is 6.92 Å². The smallest absolute Gasteiger partial charge is 0.301 e. The summed E-state index contributed by atoms with van der Waals surface area (Å²) in [4.78, 5) is 0. The molecule has 0 radical (unpaired) electrons. The molecule has 6 heteroatoms. The molecule has 0 aliphatic carbocycles. The first-order valence-electron chi connectivity index (χ1n) is 5.29. The quantitative estimate of drug-likeness (QED) is 0.808. The SMILES string of the molecule is Cc1cc(NS(=O)(=O)N(C)C(C)C)ccc1O. The van der Waals surface area contributed by atoms with Gasteiger partial charge in [0.15, 0.2) is 0 Å². The first-order valence-corrected chi connectivity index (χ1v) is 6.73. The lowest BCUT2D eigenvalue weighted by molar-refractivity contribution is 0.414. The maximum Gasteiger partial charge on any atom is 0.301 e. The van der Waals surface area contributed by atoms with Crippen molar-refractivity contribution < 1.29 is 13.5 Å². The summed E-state index contributed by atoms with van der Waals surface area (Å²) in [6.07, 6.45) is 0. The van der Waals surface area contributed by atoms with E-state index < -0.39 is 10.2 Å². The Labute approximate surface area is 102 Å². The Morgan fingerprint density at radius 1 is 1.35 bits per heavy atom. The second-order valence-corrected chi connectivity index (χ2v) is 5.95. The van der Waals surface area contributed by atoms with Crippen LogP contribution in [0.2, 0.25) is 0 Å². The van der Waals surface area contributed by atoms with E-state index in [1.807, 2.05) is 0 Å². The minimum absolute atomic E-state index is 0.120. The van der Waals surface area contributed by atoms with Gasteiger partial charge in [-0.05, 0) is 44.5 Å². The molecule has 1 rings (SSSR count). The first kappa shape index (κ1) is 13.8. The van der Waals surface area contributed by atoms with Crippen LogP contribution in [0.3, 0.4) is 0 Å². The predicted octanol–water partition coefficient (Wildman–Crippen LogP) is 1.70. The Morgan fingerprint density at radius 2 is 1.94 bits per heavy atom. The lowest BCUT2D eigenvalue weighted by Gasteiger charge is -2.21. The number of anilines is 1. The first-order chi connectivity index (χ1) is 7.74. The molecular weight excluding hydrogens is 240 g/mol. The number of aromatic hydroxyl groups is 1. The fraction of sp³-hybridized carbons (Fsp3) is 0.455. The van der Waals surface area contributed by atoms with Crippen molar-refractivity contribution in [1.29, 1.82) is 0 Å². The van der Waals surface area contributed by atoms with Crippen molar-refractivity contribution >= 4 is 15.9 Å². The van der Waals surface area contributed by atoms with Crippen molar-refractivity contribution in [3.05, 3.63) is 23.8 Å². The van der Waals surface area contributed by atoms with E-state index >= 15 is 0 Å². The molecule has 17 heavy (non-hydrogen) atoms. The minimum Gasteiger partial charge on any atom is -0.508 e. The Bertz CT molecular complexity index is 497. The Hall–Kier alpha value is -1.27. The lowest BCUT2D eigenvalue weighted by Crippen LogP contribution is -2.37. The summed E-state index contributed by atoms with van der Waals surface area (Å²) in [5, 5.41) is 9.35. The zero-order chi connectivity index (χ0) is 13.2. The number of aryl methyl sites for hydroxylation is 1. The molecule has 5 nitrogen and oxygen atoms in total. The molecule has 0 saturated heterocycles. The van der Waals surface area contributed by atoms with Crippen LogP contribution in [-0.4, -0.2) is 30.9 Å². The highest BCUT2D eigenvalue weighted by atomic mass is 32.2. The van der Waals surface area contributed by atoms with Crippen molar-refractivity contribution in [2.75, 3.05) is 11.8 Å². The molecule has 0 fully saturated rings. The molecule has 1 aromatic rings.